The van der Waals surface area contributed by atoms with Gasteiger partial charge in [-0.25, -0.2) is 4.39 Å². The topological polar surface area (TPSA) is 50.8 Å². The third kappa shape index (κ3) is 2.56. The molecule has 0 atom stereocenters. The predicted octanol–water partition coefficient (Wildman–Crippen LogP) is 2.56. The van der Waals surface area contributed by atoms with Gasteiger partial charge in [-0.05, 0) is 17.7 Å². The minimum Gasteiger partial charge on any atom is -0.486 e. The molecule has 6 heteroatoms. The Morgan fingerprint density at radius 1 is 1.13 bits per heavy atom. The molecule has 2 aliphatic rings. The average molecular weight is 314 g/mol. The lowest BCUT2D eigenvalue weighted by atomic mass is 10.1. The number of carbonyl (C=O) groups is 1. The summed E-state index contributed by atoms with van der Waals surface area (Å²) < 4.78 is 24.5. The highest BCUT2D eigenvalue weighted by molar-refractivity contribution is 6.03. The molecule has 0 unspecified atom stereocenters. The normalized spacial score (nSPS) is 15.9. The van der Waals surface area contributed by atoms with E-state index in [0.717, 1.165) is 16.9 Å². The predicted molar refractivity (Wildman–Crippen MR) is 83.5 cm³/mol. The number of rotatable bonds is 2. The van der Waals surface area contributed by atoms with E-state index in [1.54, 1.807) is 23.1 Å². The highest BCUT2D eigenvalue weighted by atomic mass is 19.1. The largest absolute Gasteiger partial charge is 0.486 e. The molecule has 0 saturated carbocycles. The van der Waals surface area contributed by atoms with Crippen LogP contribution in [-0.4, -0.2) is 25.7 Å². The van der Waals surface area contributed by atoms with Gasteiger partial charge >= 0.3 is 0 Å². The van der Waals surface area contributed by atoms with E-state index in [2.05, 4.69) is 5.32 Å². The van der Waals surface area contributed by atoms with E-state index in [4.69, 9.17) is 9.47 Å². The Labute approximate surface area is 132 Å². The van der Waals surface area contributed by atoms with Gasteiger partial charge in [0.15, 0.2) is 11.5 Å². The van der Waals surface area contributed by atoms with Crippen molar-refractivity contribution in [3.05, 3.63) is 47.8 Å². The van der Waals surface area contributed by atoms with Crippen LogP contribution >= 0.6 is 0 Å². The van der Waals surface area contributed by atoms with Crippen LogP contribution in [0.3, 0.4) is 0 Å². The Morgan fingerprint density at radius 2 is 1.91 bits per heavy atom. The lowest BCUT2D eigenvalue weighted by Gasteiger charge is -2.32. The maximum absolute atomic E-state index is 13.4. The van der Waals surface area contributed by atoms with Gasteiger partial charge < -0.3 is 19.7 Å². The van der Waals surface area contributed by atoms with Crippen molar-refractivity contribution in [3.8, 4) is 11.5 Å². The highest BCUT2D eigenvalue weighted by Gasteiger charge is 2.27. The molecule has 2 aliphatic heterocycles. The molecule has 0 aliphatic carbocycles. The van der Waals surface area contributed by atoms with Crippen molar-refractivity contribution < 1.29 is 18.7 Å². The van der Waals surface area contributed by atoms with Gasteiger partial charge in [0, 0.05) is 12.1 Å². The van der Waals surface area contributed by atoms with Crippen molar-refractivity contribution in [2.75, 3.05) is 30.0 Å². The van der Waals surface area contributed by atoms with Crippen LogP contribution in [0.2, 0.25) is 0 Å². The third-order valence-electron chi connectivity index (χ3n) is 3.91. The summed E-state index contributed by atoms with van der Waals surface area (Å²) in [7, 11) is 0. The second kappa shape index (κ2) is 5.46. The molecule has 1 N–H and O–H groups in total. The van der Waals surface area contributed by atoms with Crippen LogP contribution in [0, 0.1) is 5.82 Å². The van der Waals surface area contributed by atoms with Gasteiger partial charge in [-0.1, -0.05) is 12.1 Å². The minimum atomic E-state index is -0.313. The smallest absolute Gasteiger partial charge is 0.246 e. The SMILES string of the molecule is O=C1CNc2cc3c(cc2N1Cc1cccc(F)c1)OCCO3. The Kier molecular flexibility index (Phi) is 3.29. The second-order valence-corrected chi connectivity index (χ2v) is 5.48. The first kappa shape index (κ1) is 13.9. The molecule has 0 aromatic heterocycles. The van der Waals surface area contributed by atoms with E-state index < -0.39 is 0 Å². The molecule has 0 radical (unpaired) electrons. The van der Waals surface area contributed by atoms with Gasteiger partial charge in [-0.2, -0.15) is 0 Å². The summed E-state index contributed by atoms with van der Waals surface area (Å²) in [5, 5.41) is 3.09. The summed E-state index contributed by atoms with van der Waals surface area (Å²) in [5.41, 5.74) is 2.26. The van der Waals surface area contributed by atoms with E-state index in [9.17, 15) is 9.18 Å². The summed E-state index contributed by atoms with van der Waals surface area (Å²) >= 11 is 0. The Hall–Kier alpha value is -2.76. The highest BCUT2D eigenvalue weighted by Crippen LogP contribution is 2.41. The van der Waals surface area contributed by atoms with E-state index in [1.807, 2.05) is 6.07 Å². The quantitative estimate of drug-likeness (QED) is 0.925. The van der Waals surface area contributed by atoms with Gasteiger partial charge in [0.25, 0.3) is 0 Å². The number of anilines is 2. The zero-order chi connectivity index (χ0) is 15.8. The van der Waals surface area contributed by atoms with E-state index in [-0.39, 0.29) is 18.3 Å². The minimum absolute atomic E-state index is 0.0709. The fraction of sp³-hybridized carbons (Fsp3) is 0.235. The summed E-state index contributed by atoms with van der Waals surface area (Å²) in [4.78, 5) is 13.9. The molecule has 2 heterocycles. The zero-order valence-electron chi connectivity index (χ0n) is 12.3. The molecule has 23 heavy (non-hydrogen) atoms. The van der Waals surface area contributed by atoms with Gasteiger partial charge in [0.2, 0.25) is 5.91 Å². The molecule has 0 fully saturated rings. The van der Waals surface area contributed by atoms with Crippen molar-refractivity contribution in [2.45, 2.75) is 6.54 Å². The number of hydrogen-bond donors (Lipinski definition) is 1. The van der Waals surface area contributed by atoms with E-state index in [0.29, 0.717) is 31.3 Å². The molecular weight excluding hydrogens is 299 g/mol. The lowest BCUT2D eigenvalue weighted by Crippen LogP contribution is -2.39. The van der Waals surface area contributed by atoms with Gasteiger partial charge in [0.05, 0.1) is 24.5 Å². The molecule has 0 bridgehead atoms. The average Bonchev–Trinajstić information content (AvgIpc) is 2.56. The maximum Gasteiger partial charge on any atom is 0.246 e. The molecule has 0 saturated heterocycles. The number of carbonyl (C=O) groups excluding carboxylic acids is 1. The van der Waals surface area contributed by atoms with Gasteiger partial charge in [0.1, 0.15) is 19.0 Å². The molecule has 2 aromatic rings. The van der Waals surface area contributed by atoms with Crippen LogP contribution in [-0.2, 0) is 11.3 Å². The van der Waals surface area contributed by atoms with Crippen molar-refractivity contribution >= 4 is 17.3 Å². The molecule has 1 amide bonds. The standard InChI is InChI=1S/C17H15FN2O3/c18-12-3-1-2-11(6-12)10-20-14-8-16-15(22-4-5-23-16)7-13(14)19-9-17(20)21/h1-3,6-8,19H,4-5,9-10H2. The monoisotopic (exact) mass is 314 g/mol. The van der Waals surface area contributed by atoms with Crippen molar-refractivity contribution in [3.63, 3.8) is 0 Å². The van der Waals surface area contributed by atoms with Crippen molar-refractivity contribution in [1.29, 1.82) is 0 Å². The first-order chi connectivity index (χ1) is 11.2. The van der Waals surface area contributed by atoms with Gasteiger partial charge in [-0.15, -0.1) is 0 Å². The number of nitrogens with zero attached hydrogens (tertiary/aromatic N) is 1. The molecule has 2 aromatic carbocycles. The number of hydrogen-bond acceptors (Lipinski definition) is 4. The van der Waals surface area contributed by atoms with Crippen molar-refractivity contribution in [2.24, 2.45) is 0 Å². The number of nitrogens with one attached hydrogen (secondary N) is 1. The molecule has 0 spiro atoms. The van der Waals surface area contributed by atoms with Crippen LogP contribution in [0.15, 0.2) is 36.4 Å². The maximum atomic E-state index is 13.4. The molecule has 118 valence electrons. The number of amides is 1. The van der Waals surface area contributed by atoms with E-state index in [1.165, 1.54) is 12.1 Å². The Balaban J connectivity index is 1.72. The second-order valence-electron chi connectivity index (χ2n) is 5.48. The molecule has 4 rings (SSSR count). The first-order valence-corrected chi connectivity index (χ1v) is 7.43. The van der Waals surface area contributed by atoms with Crippen LogP contribution in [0.4, 0.5) is 15.8 Å². The first-order valence-electron chi connectivity index (χ1n) is 7.43. The summed E-state index contributed by atoms with van der Waals surface area (Å²) in [5.74, 6) is 0.907. The number of benzene rings is 2. The van der Waals surface area contributed by atoms with Crippen LogP contribution in [0.25, 0.3) is 0 Å². The number of fused-ring (bicyclic) bond motifs is 2. The fourth-order valence-corrected chi connectivity index (χ4v) is 2.83. The Bertz CT molecular complexity index is 778. The van der Waals surface area contributed by atoms with Crippen LogP contribution < -0.4 is 19.7 Å². The Morgan fingerprint density at radius 3 is 2.70 bits per heavy atom. The van der Waals surface area contributed by atoms with Gasteiger partial charge in [-0.3, -0.25) is 4.79 Å². The lowest BCUT2D eigenvalue weighted by molar-refractivity contribution is -0.117. The van der Waals surface area contributed by atoms with Crippen LogP contribution in [0.1, 0.15) is 5.56 Å². The fourth-order valence-electron chi connectivity index (χ4n) is 2.83. The van der Waals surface area contributed by atoms with Crippen LogP contribution in [0.5, 0.6) is 11.5 Å². The number of halogens is 1. The van der Waals surface area contributed by atoms with E-state index >= 15 is 0 Å². The third-order valence-corrected chi connectivity index (χ3v) is 3.91. The molecule has 5 nitrogen and oxygen atoms in total. The zero-order valence-corrected chi connectivity index (χ0v) is 12.3. The summed E-state index contributed by atoms with van der Waals surface area (Å²) in [6.45, 7) is 1.50. The molecular formula is C17H15FN2O3. The number of ether oxygens (including phenoxy) is 2. The van der Waals surface area contributed by atoms with Crippen molar-refractivity contribution in [1.82, 2.24) is 0 Å². The summed E-state index contributed by atoms with van der Waals surface area (Å²) in [6, 6.07) is 9.91. The summed E-state index contributed by atoms with van der Waals surface area (Å²) in [6.07, 6.45) is 0.